The molecule has 3 aromatic carbocycles. The molecule has 2 aliphatic rings. The third-order valence-corrected chi connectivity index (χ3v) is 8.68. The van der Waals surface area contributed by atoms with Gasteiger partial charge in [-0.1, -0.05) is 12.1 Å². The van der Waals surface area contributed by atoms with E-state index in [-0.39, 0.29) is 23.7 Å². The molecule has 0 bridgehead atoms. The SMILES string of the molecule is COc1ccc(C(=O)Oc2ccc(-c3ccc4c(c3COC(=O)C3CC=C(C)S3)N(C)C(=O)C(C)(C)N4)c(OC)c2)cc1. The number of thioether (sulfide) groups is 1. The van der Waals surface area contributed by atoms with Gasteiger partial charge in [0.05, 0.1) is 31.2 Å². The van der Waals surface area contributed by atoms with Crippen LogP contribution >= 0.6 is 11.8 Å². The van der Waals surface area contributed by atoms with Crippen LogP contribution in [0, 0.1) is 0 Å². The maximum absolute atomic E-state index is 13.3. The van der Waals surface area contributed by atoms with Crippen LogP contribution in [0.25, 0.3) is 11.1 Å². The van der Waals surface area contributed by atoms with Crippen molar-refractivity contribution in [1.29, 1.82) is 0 Å². The molecular weight excluding hydrogens is 568 g/mol. The predicted octanol–water partition coefficient (Wildman–Crippen LogP) is 6.21. The molecular formula is C33H34N2O7S. The van der Waals surface area contributed by atoms with Crippen molar-refractivity contribution in [1.82, 2.24) is 0 Å². The number of benzene rings is 3. The van der Waals surface area contributed by atoms with Gasteiger partial charge in [-0.25, -0.2) is 4.79 Å². The lowest BCUT2D eigenvalue weighted by Crippen LogP contribution is -2.52. The summed E-state index contributed by atoms with van der Waals surface area (Å²) in [5.41, 5.74) is 2.98. The lowest BCUT2D eigenvalue weighted by Gasteiger charge is -2.39. The van der Waals surface area contributed by atoms with Gasteiger partial charge in [-0.05, 0) is 80.1 Å². The summed E-state index contributed by atoms with van der Waals surface area (Å²) in [7, 11) is 4.80. The van der Waals surface area contributed by atoms with Crippen LogP contribution in [-0.2, 0) is 20.9 Å². The van der Waals surface area contributed by atoms with Crippen molar-refractivity contribution in [2.75, 3.05) is 31.5 Å². The highest BCUT2D eigenvalue weighted by atomic mass is 32.2. The van der Waals surface area contributed by atoms with Crippen molar-refractivity contribution in [2.45, 2.75) is 44.6 Å². The molecule has 10 heteroatoms. The molecule has 224 valence electrons. The van der Waals surface area contributed by atoms with Crippen molar-refractivity contribution >= 4 is 41.0 Å². The minimum Gasteiger partial charge on any atom is -0.497 e. The van der Waals surface area contributed by atoms with Gasteiger partial charge in [0.15, 0.2) is 0 Å². The van der Waals surface area contributed by atoms with Gasteiger partial charge >= 0.3 is 11.9 Å². The van der Waals surface area contributed by atoms with Crippen molar-refractivity contribution in [3.8, 4) is 28.4 Å². The van der Waals surface area contributed by atoms with Gasteiger partial charge in [0.25, 0.3) is 5.91 Å². The van der Waals surface area contributed by atoms with Gasteiger partial charge in [-0.2, -0.15) is 0 Å². The average molecular weight is 603 g/mol. The first kappa shape index (κ1) is 30.0. The molecule has 3 aromatic rings. The third-order valence-electron chi connectivity index (χ3n) is 7.47. The minimum absolute atomic E-state index is 0.0511. The molecule has 0 saturated carbocycles. The highest BCUT2D eigenvalue weighted by Gasteiger charge is 2.39. The first-order chi connectivity index (χ1) is 20.5. The zero-order valence-corrected chi connectivity index (χ0v) is 25.8. The normalized spacial score (nSPS) is 17.0. The standard InChI is InChI=1S/C33H34N2O7S/c1-19-7-16-28(43-19)31(37)41-18-25-23(14-15-26-29(25)35(4)32(38)33(2,3)34-26)24-13-12-22(17-27(24)40-6)42-30(36)20-8-10-21(39-5)11-9-20/h7-15,17,28,34H,16,18H2,1-6H3. The van der Waals surface area contributed by atoms with Crippen molar-refractivity contribution < 1.29 is 33.3 Å². The van der Waals surface area contributed by atoms with Crippen LogP contribution in [0.1, 0.15) is 43.1 Å². The fraction of sp³-hybridized carbons (Fsp3) is 0.303. The number of likely N-dealkylation sites (N-methyl/N-ethyl adjacent to an activating group) is 1. The van der Waals surface area contributed by atoms with Crippen LogP contribution in [0.3, 0.4) is 0 Å². The first-order valence-corrected chi connectivity index (χ1v) is 14.7. The Morgan fingerprint density at radius 1 is 1.00 bits per heavy atom. The van der Waals surface area contributed by atoms with Crippen molar-refractivity contribution in [3.05, 3.63) is 76.7 Å². The number of nitrogens with one attached hydrogen (secondary N) is 1. The second-order valence-corrected chi connectivity index (χ2v) is 12.3. The first-order valence-electron chi connectivity index (χ1n) is 13.8. The number of carbonyl (C=O) groups excluding carboxylic acids is 3. The van der Waals surface area contributed by atoms with Crippen molar-refractivity contribution in [2.24, 2.45) is 0 Å². The molecule has 2 aliphatic heterocycles. The number of methoxy groups -OCH3 is 2. The zero-order valence-electron chi connectivity index (χ0n) is 25.0. The van der Waals surface area contributed by atoms with E-state index >= 15 is 0 Å². The molecule has 0 radical (unpaired) electrons. The number of hydrogen-bond donors (Lipinski definition) is 1. The lowest BCUT2D eigenvalue weighted by molar-refractivity contribution is -0.144. The van der Waals surface area contributed by atoms with E-state index in [0.717, 1.165) is 10.6 Å². The molecule has 2 heterocycles. The summed E-state index contributed by atoms with van der Waals surface area (Å²) in [6.07, 6.45) is 2.65. The summed E-state index contributed by atoms with van der Waals surface area (Å²) in [5, 5.41) is 3.03. The zero-order chi connectivity index (χ0) is 30.9. The Hall–Kier alpha value is -4.44. The maximum Gasteiger partial charge on any atom is 0.343 e. The Morgan fingerprint density at radius 2 is 1.70 bits per heavy atom. The van der Waals surface area contributed by atoms with E-state index in [1.807, 2.05) is 39.0 Å². The quantitative estimate of drug-likeness (QED) is 0.238. The molecule has 1 unspecified atom stereocenters. The topological polar surface area (TPSA) is 103 Å². The highest BCUT2D eigenvalue weighted by Crippen LogP contribution is 2.45. The molecule has 1 amide bonds. The van der Waals surface area contributed by atoms with E-state index in [0.29, 0.717) is 51.6 Å². The number of nitrogens with zero attached hydrogens (tertiary/aromatic N) is 1. The Morgan fingerprint density at radius 3 is 2.35 bits per heavy atom. The number of ether oxygens (including phenoxy) is 4. The van der Waals surface area contributed by atoms with E-state index in [9.17, 15) is 14.4 Å². The number of esters is 2. The second-order valence-electron chi connectivity index (χ2n) is 10.8. The fourth-order valence-corrected chi connectivity index (χ4v) is 6.25. The summed E-state index contributed by atoms with van der Waals surface area (Å²) in [6.45, 7) is 5.57. The van der Waals surface area contributed by atoms with E-state index in [1.54, 1.807) is 61.5 Å². The molecule has 0 spiro atoms. The van der Waals surface area contributed by atoms with Crippen LogP contribution in [0.4, 0.5) is 11.4 Å². The highest BCUT2D eigenvalue weighted by molar-refractivity contribution is 8.04. The summed E-state index contributed by atoms with van der Waals surface area (Å²) >= 11 is 1.49. The van der Waals surface area contributed by atoms with Gasteiger partial charge in [-0.15, -0.1) is 11.8 Å². The Balaban J connectivity index is 1.50. The van der Waals surface area contributed by atoms with E-state index in [4.69, 9.17) is 18.9 Å². The van der Waals surface area contributed by atoms with E-state index in [2.05, 4.69) is 5.32 Å². The smallest absolute Gasteiger partial charge is 0.343 e. The molecule has 43 heavy (non-hydrogen) atoms. The van der Waals surface area contributed by atoms with Crippen LogP contribution < -0.4 is 24.4 Å². The van der Waals surface area contributed by atoms with Gasteiger partial charge in [0.2, 0.25) is 0 Å². The molecule has 9 nitrogen and oxygen atoms in total. The Labute approximate surface area is 255 Å². The molecule has 0 aliphatic carbocycles. The van der Waals surface area contributed by atoms with Crippen LogP contribution in [-0.4, -0.2) is 49.9 Å². The number of amides is 1. The monoisotopic (exact) mass is 602 g/mol. The van der Waals surface area contributed by atoms with Crippen LogP contribution in [0.5, 0.6) is 17.2 Å². The number of allylic oxidation sites excluding steroid dienone is 2. The Bertz CT molecular complexity index is 1610. The number of rotatable bonds is 8. The molecule has 1 N–H and O–H groups in total. The van der Waals surface area contributed by atoms with Gasteiger partial charge in [0.1, 0.15) is 34.6 Å². The molecule has 1 atom stereocenters. The van der Waals surface area contributed by atoms with Crippen molar-refractivity contribution in [3.63, 3.8) is 0 Å². The molecule has 0 saturated heterocycles. The fourth-order valence-electron chi connectivity index (χ4n) is 5.25. The van der Waals surface area contributed by atoms with Crippen LogP contribution in [0.15, 0.2) is 65.6 Å². The summed E-state index contributed by atoms with van der Waals surface area (Å²) < 4.78 is 22.4. The molecule has 5 rings (SSSR count). The number of hydrogen-bond acceptors (Lipinski definition) is 9. The van der Waals surface area contributed by atoms with Gasteiger partial charge in [0, 0.05) is 24.2 Å². The Kier molecular flexibility index (Phi) is 8.41. The van der Waals surface area contributed by atoms with Gasteiger partial charge in [-0.3, -0.25) is 9.59 Å². The molecule has 0 aromatic heterocycles. The summed E-state index contributed by atoms with van der Waals surface area (Å²) in [6, 6.07) is 15.5. The largest absolute Gasteiger partial charge is 0.497 e. The summed E-state index contributed by atoms with van der Waals surface area (Å²) in [4.78, 5) is 41.8. The summed E-state index contributed by atoms with van der Waals surface area (Å²) in [5.74, 6) is 0.410. The van der Waals surface area contributed by atoms with Crippen LogP contribution in [0.2, 0.25) is 0 Å². The minimum atomic E-state index is -0.812. The number of fused-ring (bicyclic) bond motifs is 1. The maximum atomic E-state index is 13.3. The lowest BCUT2D eigenvalue weighted by atomic mass is 9.91. The second kappa shape index (κ2) is 12.0. The van der Waals surface area contributed by atoms with E-state index < -0.39 is 11.5 Å². The number of anilines is 2. The van der Waals surface area contributed by atoms with E-state index in [1.165, 1.54) is 18.9 Å². The van der Waals surface area contributed by atoms with Gasteiger partial charge < -0.3 is 29.2 Å². The predicted molar refractivity (Wildman–Crippen MR) is 167 cm³/mol. The average Bonchev–Trinajstić information content (AvgIpc) is 3.44. The third kappa shape index (κ3) is 6.06. The number of carbonyl (C=O) groups is 3. The molecule has 0 fully saturated rings.